The molecule has 1 unspecified atom stereocenters. The molecule has 2 heteroatoms. The second kappa shape index (κ2) is 9.41. The molecule has 0 radical (unpaired) electrons. The topological polar surface area (TPSA) is 35.2 Å². The van der Waals surface area contributed by atoms with Crippen molar-refractivity contribution >= 4 is 0 Å². The standard InChI is InChI=1S/C25H37NO/c1-18(2)16-23-21(6)20(5)12-13-24(23)25(26,17-19(3)4)14-15-27-22-10-8-7-9-11-22/h7-13,18-19H,14-17,26H2,1-6H3. The van der Waals surface area contributed by atoms with Crippen molar-refractivity contribution in [1.29, 1.82) is 0 Å². The second-order valence-electron chi connectivity index (χ2n) is 8.80. The third-order valence-electron chi connectivity index (χ3n) is 5.35. The molecular formula is C25H37NO. The highest BCUT2D eigenvalue weighted by molar-refractivity contribution is 5.43. The van der Waals surface area contributed by atoms with Crippen molar-refractivity contribution in [3.05, 3.63) is 64.7 Å². The lowest BCUT2D eigenvalue weighted by Crippen LogP contribution is -2.41. The van der Waals surface area contributed by atoms with Gasteiger partial charge in [-0.1, -0.05) is 58.0 Å². The van der Waals surface area contributed by atoms with Gasteiger partial charge in [-0.2, -0.15) is 0 Å². The average Bonchev–Trinajstić information content (AvgIpc) is 2.59. The lowest BCUT2D eigenvalue weighted by molar-refractivity contribution is 0.233. The van der Waals surface area contributed by atoms with E-state index >= 15 is 0 Å². The maximum Gasteiger partial charge on any atom is 0.119 e. The maximum atomic E-state index is 7.10. The number of rotatable bonds is 9. The first-order valence-electron chi connectivity index (χ1n) is 10.3. The molecule has 0 aliphatic rings. The summed E-state index contributed by atoms with van der Waals surface area (Å²) in [4.78, 5) is 0. The molecule has 0 amide bonds. The molecule has 0 heterocycles. The summed E-state index contributed by atoms with van der Waals surface area (Å²) in [6.07, 6.45) is 2.84. The zero-order valence-corrected chi connectivity index (χ0v) is 18.0. The molecule has 148 valence electrons. The van der Waals surface area contributed by atoms with Gasteiger partial charge in [0.05, 0.1) is 6.61 Å². The number of hydrogen-bond donors (Lipinski definition) is 1. The second-order valence-corrected chi connectivity index (χ2v) is 8.80. The Bertz CT molecular complexity index is 721. The minimum absolute atomic E-state index is 0.369. The molecule has 2 aromatic rings. The molecule has 0 aliphatic carbocycles. The Morgan fingerprint density at radius 2 is 1.59 bits per heavy atom. The SMILES string of the molecule is Cc1ccc(C(N)(CCOc2ccccc2)CC(C)C)c(CC(C)C)c1C. The third kappa shape index (κ3) is 5.84. The van der Waals surface area contributed by atoms with Crippen LogP contribution in [-0.4, -0.2) is 6.61 Å². The summed E-state index contributed by atoms with van der Waals surface area (Å²) in [5, 5.41) is 0. The highest BCUT2D eigenvalue weighted by Crippen LogP contribution is 2.35. The van der Waals surface area contributed by atoms with Gasteiger partial charge in [-0.25, -0.2) is 0 Å². The molecule has 0 saturated heterocycles. The van der Waals surface area contributed by atoms with Gasteiger partial charge < -0.3 is 10.5 Å². The number of ether oxygens (including phenoxy) is 1. The fourth-order valence-electron chi connectivity index (χ4n) is 3.95. The minimum atomic E-state index is -0.369. The van der Waals surface area contributed by atoms with Gasteiger partial charge in [0.2, 0.25) is 0 Å². The van der Waals surface area contributed by atoms with E-state index in [1.807, 2.05) is 30.3 Å². The fourth-order valence-corrected chi connectivity index (χ4v) is 3.95. The van der Waals surface area contributed by atoms with E-state index in [0.717, 1.165) is 25.0 Å². The number of benzene rings is 2. The summed E-state index contributed by atoms with van der Waals surface area (Å²) in [5.74, 6) is 2.04. The first-order chi connectivity index (χ1) is 12.7. The first-order valence-corrected chi connectivity index (χ1v) is 10.3. The molecule has 0 spiro atoms. The van der Waals surface area contributed by atoms with Crippen LogP contribution in [0.2, 0.25) is 0 Å². The molecule has 0 aromatic heterocycles. The molecule has 2 aromatic carbocycles. The number of aryl methyl sites for hydroxylation is 1. The molecule has 0 fully saturated rings. The van der Waals surface area contributed by atoms with Gasteiger partial charge in [-0.05, 0) is 72.9 Å². The van der Waals surface area contributed by atoms with E-state index < -0.39 is 0 Å². The Balaban J connectivity index is 2.32. The Morgan fingerprint density at radius 3 is 2.19 bits per heavy atom. The van der Waals surface area contributed by atoms with Crippen LogP contribution < -0.4 is 10.5 Å². The molecule has 2 N–H and O–H groups in total. The van der Waals surface area contributed by atoms with Crippen LogP contribution in [0.4, 0.5) is 0 Å². The monoisotopic (exact) mass is 367 g/mol. The van der Waals surface area contributed by atoms with Gasteiger partial charge in [-0.3, -0.25) is 0 Å². The quantitative estimate of drug-likeness (QED) is 0.575. The summed E-state index contributed by atoms with van der Waals surface area (Å²) in [6.45, 7) is 14.1. The van der Waals surface area contributed by atoms with Gasteiger partial charge in [-0.15, -0.1) is 0 Å². The van der Waals surface area contributed by atoms with Crippen LogP contribution in [0.1, 0.15) is 62.8 Å². The summed E-state index contributed by atoms with van der Waals surface area (Å²) in [6, 6.07) is 14.5. The summed E-state index contributed by atoms with van der Waals surface area (Å²) in [5.41, 5.74) is 12.2. The van der Waals surface area contributed by atoms with E-state index in [9.17, 15) is 0 Å². The third-order valence-corrected chi connectivity index (χ3v) is 5.35. The van der Waals surface area contributed by atoms with E-state index in [-0.39, 0.29) is 5.54 Å². The summed E-state index contributed by atoms with van der Waals surface area (Å²) >= 11 is 0. The number of para-hydroxylation sites is 1. The predicted octanol–water partition coefficient (Wildman–Crippen LogP) is 6.17. The Hall–Kier alpha value is -1.80. The van der Waals surface area contributed by atoms with Gasteiger partial charge in [0, 0.05) is 12.0 Å². The number of hydrogen-bond acceptors (Lipinski definition) is 2. The highest BCUT2D eigenvalue weighted by atomic mass is 16.5. The van der Waals surface area contributed by atoms with Crippen LogP contribution in [0.25, 0.3) is 0 Å². The minimum Gasteiger partial charge on any atom is -0.494 e. The van der Waals surface area contributed by atoms with Gasteiger partial charge in [0.15, 0.2) is 0 Å². The van der Waals surface area contributed by atoms with Crippen molar-refractivity contribution in [3.63, 3.8) is 0 Å². The largest absolute Gasteiger partial charge is 0.494 e. The zero-order valence-electron chi connectivity index (χ0n) is 18.0. The van der Waals surface area contributed by atoms with E-state index in [1.165, 1.54) is 22.3 Å². The van der Waals surface area contributed by atoms with Crippen LogP contribution in [0.15, 0.2) is 42.5 Å². The normalized spacial score (nSPS) is 13.8. The zero-order chi connectivity index (χ0) is 20.0. The van der Waals surface area contributed by atoms with Gasteiger partial charge in [0.1, 0.15) is 5.75 Å². The fraction of sp³-hybridized carbons (Fsp3) is 0.520. The predicted molar refractivity (Wildman–Crippen MR) is 116 cm³/mol. The molecule has 1 atom stereocenters. The van der Waals surface area contributed by atoms with Crippen LogP contribution in [0.3, 0.4) is 0 Å². The van der Waals surface area contributed by atoms with Crippen LogP contribution in [0.5, 0.6) is 5.75 Å². The van der Waals surface area contributed by atoms with Gasteiger partial charge >= 0.3 is 0 Å². The molecule has 27 heavy (non-hydrogen) atoms. The molecular weight excluding hydrogens is 330 g/mol. The van der Waals surface area contributed by atoms with Crippen LogP contribution >= 0.6 is 0 Å². The van der Waals surface area contributed by atoms with E-state index in [2.05, 4.69) is 53.7 Å². The highest BCUT2D eigenvalue weighted by Gasteiger charge is 2.31. The lowest BCUT2D eigenvalue weighted by atomic mass is 9.76. The maximum absolute atomic E-state index is 7.10. The summed E-state index contributed by atoms with van der Waals surface area (Å²) < 4.78 is 6.00. The van der Waals surface area contributed by atoms with E-state index in [4.69, 9.17) is 10.5 Å². The van der Waals surface area contributed by atoms with Gasteiger partial charge in [0.25, 0.3) is 0 Å². The van der Waals surface area contributed by atoms with E-state index in [1.54, 1.807) is 0 Å². The van der Waals surface area contributed by atoms with Crippen molar-refractivity contribution in [1.82, 2.24) is 0 Å². The first kappa shape index (κ1) is 21.5. The van der Waals surface area contributed by atoms with Crippen LogP contribution in [0, 0.1) is 25.7 Å². The lowest BCUT2D eigenvalue weighted by Gasteiger charge is -2.35. The summed E-state index contributed by atoms with van der Waals surface area (Å²) in [7, 11) is 0. The number of nitrogens with two attached hydrogens (primary N) is 1. The average molecular weight is 368 g/mol. The van der Waals surface area contributed by atoms with Crippen molar-refractivity contribution in [3.8, 4) is 5.75 Å². The van der Waals surface area contributed by atoms with Crippen molar-refractivity contribution < 1.29 is 4.74 Å². The molecule has 0 bridgehead atoms. The van der Waals surface area contributed by atoms with Crippen LogP contribution in [-0.2, 0) is 12.0 Å². The Kier molecular flexibility index (Phi) is 7.49. The Morgan fingerprint density at radius 1 is 0.926 bits per heavy atom. The van der Waals surface area contributed by atoms with Crippen molar-refractivity contribution in [2.24, 2.45) is 17.6 Å². The Labute approximate surface area is 166 Å². The molecule has 2 nitrogen and oxygen atoms in total. The molecule has 0 saturated carbocycles. The van der Waals surface area contributed by atoms with Crippen molar-refractivity contribution in [2.75, 3.05) is 6.61 Å². The smallest absolute Gasteiger partial charge is 0.119 e. The molecule has 0 aliphatic heterocycles. The molecule has 2 rings (SSSR count). The van der Waals surface area contributed by atoms with Crippen molar-refractivity contribution in [2.45, 2.75) is 66.3 Å². The van der Waals surface area contributed by atoms with E-state index in [0.29, 0.717) is 18.4 Å².